The molecule has 0 aliphatic rings. The Hall–Kier alpha value is -5.96. The maximum absolute atomic E-state index is 15.8. The number of nitrogens with zero attached hydrogens (tertiary/aromatic N) is 3. The van der Waals surface area contributed by atoms with Crippen LogP contribution in [0.3, 0.4) is 0 Å². The standard InChI is InChI=1S/C43H30N3OP/c47-48(36-21-8-3-9-22-36,37-23-12-19-34(28-37)42-39-25-11-10-14-31(39)26-27-44-42)38-24-13-20-35(29-38)43-45-40(32-15-4-1-5-16-32)30-41(46-43)33-17-6-2-7-18-33/h1-30H. The molecule has 228 valence electrons. The van der Waals surface area contributed by atoms with Crippen molar-refractivity contribution in [1.82, 2.24) is 15.0 Å². The van der Waals surface area contributed by atoms with Gasteiger partial charge in [-0.25, -0.2) is 9.97 Å². The van der Waals surface area contributed by atoms with Crippen molar-refractivity contribution < 1.29 is 4.57 Å². The number of pyridine rings is 1. The van der Waals surface area contributed by atoms with E-state index in [-0.39, 0.29) is 0 Å². The second-order valence-electron chi connectivity index (χ2n) is 11.6. The molecule has 0 radical (unpaired) electrons. The summed E-state index contributed by atoms with van der Waals surface area (Å²) in [4.78, 5) is 14.8. The van der Waals surface area contributed by atoms with Gasteiger partial charge in [0.25, 0.3) is 0 Å². The van der Waals surface area contributed by atoms with Crippen molar-refractivity contribution in [2.45, 2.75) is 0 Å². The molecule has 0 aliphatic heterocycles. The zero-order valence-electron chi connectivity index (χ0n) is 26.0. The third kappa shape index (κ3) is 5.53. The van der Waals surface area contributed by atoms with Gasteiger partial charge in [-0.3, -0.25) is 4.98 Å². The lowest BCUT2D eigenvalue weighted by Crippen LogP contribution is -2.25. The Balaban J connectivity index is 1.30. The fourth-order valence-electron chi connectivity index (χ4n) is 6.21. The lowest BCUT2D eigenvalue weighted by Gasteiger charge is -2.21. The molecule has 1 atom stereocenters. The quantitative estimate of drug-likeness (QED) is 0.164. The van der Waals surface area contributed by atoms with Gasteiger partial charge in [-0.05, 0) is 29.7 Å². The van der Waals surface area contributed by atoms with Crippen LogP contribution >= 0.6 is 7.14 Å². The fraction of sp³-hybridized carbons (Fsp3) is 0. The van der Waals surface area contributed by atoms with Gasteiger partial charge in [-0.2, -0.15) is 0 Å². The van der Waals surface area contributed by atoms with Gasteiger partial charge in [0.05, 0.1) is 17.1 Å². The van der Waals surface area contributed by atoms with Crippen LogP contribution in [0.15, 0.2) is 182 Å². The molecule has 0 saturated carbocycles. The van der Waals surface area contributed by atoms with E-state index in [0.29, 0.717) is 11.1 Å². The van der Waals surface area contributed by atoms with Crippen LogP contribution in [-0.4, -0.2) is 15.0 Å². The molecule has 0 amide bonds. The summed E-state index contributed by atoms with van der Waals surface area (Å²) in [5, 5.41) is 4.37. The molecule has 4 nitrogen and oxygen atoms in total. The van der Waals surface area contributed by atoms with Gasteiger partial charge >= 0.3 is 0 Å². The molecule has 0 saturated heterocycles. The van der Waals surface area contributed by atoms with E-state index in [1.807, 2.05) is 146 Å². The summed E-state index contributed by atoms with van der Waals surface area (Å²) < 4.78 is 15.8. The smallest absolute Gasteiger partial charge is 0.171 e. The predicted octanol–water partition coefficient (Wildman–Crippen LogP) is 9.33. The molecule has 0 N–H and O–H groups in total. The topological polar surface area (TPSA) is 55.7 Å². The Labute approximate surface area is 279 Å². The third-order valence-electron chi connectivity index (χ3n) is 8.61. The maximum atomic E-state index is 15.8. The Kier molecular flexibility index (Phi) is 7.78. The summed E-state index contributed by atoms with van der Waals surface area (Å²) in [6, 6.07) is 58.2. The molecule has 0 spiro atoms. The van der Waals surface area contributed by atoms with E-state index in [1.165, 1.54) is 0 Å². The average Bonchev–Trinajstić information content (AvgIpc) is 3.18. The first-order valence-corrected chi connectivity index (χ1v) is 17.6. The molecule has 0 aliphatic carbocycles. The first-order valence-electron chi connectivity index (χ1n) is 15.9. The molecule has 0 fully saturated rings. The summed E-state index contributed by atoms with van der Waals surface area (Å²) >= 11 is 0. The van der Waals surface area contributed by atoms with Crippen LogP contribution < -0.4 is 15.9 Å². The van der Waals surface area contributed by atoms with Crippen molar-refractivity contribution in [3.63, 3.8) is 0 Å². The zero-order valence-corrected chi connectivity index (χ0v) is 26.9. The minimum atomic E-state index is -3.35. The largest absolute Gasteiger partial charge is 0.309 e. The van der Waals surface area contributed by atoms with E-state index in [4.69, 9.17) is 15.0 Å². The van der Waals surface area contributed by atoms with Crippen molar-refractivity contribution >= 4 is 33.8 Å². The molecule has 1 unspecified atom stereocenters. The Morgan fingerprint density at radius 2 is 0.917 bits per heavy atom. The van der Waals surface area contributed by atoms with Crippen LogP contribution in [-0.2, 0) is 4.57 Å². The van der Waals surface area contributed by atoms with Crippen LogP contribution in [0.25, 0.3) is 55.9 Å². The van der Waals surface area contributed by atoms with E-state index in [9.17, 15) is 0 Å². The van der Waals surface area contributed by atoms with Crippen molar-refractivity contribution in [2.24, 2.45) is 0 Å². The molecule has 2 aromatic heterocycles. The molecule has 5 heteroatoms. The second kappa shape index (κ2) is 12.7. The van der Waals surface area contributed by atoms with Crippen LogP contribution in [0.5, 0.6) is 0 Å². The van der Waals surface area contributed by atoms with Crippen molar-refractivity contribution in [3.8, 4) is 45.2 Å². The van der Waals surface area contributed by atoms with E-state index in [1.54, 1.807) is 0 Å². The maximum Gasteiger partial charge on any atom is 0.171 e. The Morgan fingerprint density at radius 1 is 0.417 bits per heavy atom. The zero-order chi connectivity index (χ0) is 32.3. The van der Waals surface area contributed by atoms with Crippen molar-refractivity contribution in [1.29, 1.82) is 0 Å². The number of benzene rings is 6. The lowest BCUT2D eigenvalue weighted by molar-refractivity contribution is 0.592. The number of fused-ring (bicyclic) bond motifs is 1. The molecule has 6 aromatic carbocycles. The van der Waals surface area contributed by atoms with Gasteiger partial charge in [-0.15, -0.1) is 0 Å². The van der Waals surface area contributed by atoms with Crippen LogP contribution in [0.4, 0.5) is 0 Å². The van der Waals surface area contributed by atoms with E-state index in [0.717, 1.165) is 60.7 Å². The Bertz CT molecular complexity index is 2370. The highest BCUT2D eigenvalue weighted by Gasteiger charge is 2.31. The minimum absolute atomic E-state index is 0.574. The van der Waals surface area contributed by atoms with Crippen LogP contribution in [0, 0.1) is 0 Å². The minimum Gasteiger partial charge on any atom is -0.309 e. The third-order valence-corrected chi connectivity index (χ3v) is 11.6. The van der Waals surface area contributed by atoms with Gasteiger partial charge in [0.2, 0.25) is 0 Å². The average molecular weight is 636 g/mol. The number of hydrogen-bond donors (Lipinski definition) is 0. The summed E-state index contributed by atoms with van der Waals surface area (Å²) in [6.45, 7) is 0. The molecular formula is C43H30N3OP. The SMILES string of the molecule is O=P(c1ccccc1)(c1cccc(-c2nc(-c3ccccc3)cc(-c3ccccc3)n2)c1)c1cccc(-c2nccc3ccccc23)c1. The number of hydrogen-bond acceptors (Lipinski definition) is 4. The van der Waals surface area contributed by atoms with Crippen LogP contribution in [0.1, 0.15) is 0 Å². The normalized spacial score (nSPS) is 12.4. The summed E-state index contributed by atoms with van der Waals surface area (Å²) in [7, 11) is -3.35. The number of rotatable bonds is 7. The fourth-order valence-corrected chi connectivity index (χ4v) is 8.93. The molecule has 48 heavy (non-hydrogen) atoms. The van der Waals surface area contributed by atoms with Gasteiger partial charge < -0.3 is 4.57 Å². The van der Waals surface area contributed by atoms with Gasteiger partial charge in [0.1, 0.15) is 0 Å². The van der Waals surface area contributed by atoms with Crippen molar-refractivity contribution in [2.75, 3.05) is 0 Å². The highest BCUT2D eigenvalue weighted by atomic mass is 31.2. The lowest BCUT2D eigenvalue weighted by atomic mass is 10.0. The monoisotopic (exact) mass is 635 g/mol. The number of aromatic nitrogens is 3. The highest BCUT2D eigenvalue weighted by Crippen LogP contribution is 2.44. The van der Waals surface area contributed by atoms with Gasteiger partial charge in [-0.1, -0.05) is 152 Å². The molecular weight excluding hydrogens is 605 g/mol. The van der Waals surface area contributed by atoms with Crippen LogP contribution in [0.2, 0.25) is 0 Å². The first-order chi connectivity index (χ1) is 23.7. The molecule has 8 rings (SSSR count). The summed E-state index contributed by atoms with van der Waals surface area (Å²) in [5.74, 6) is 0.574. The first kappa shape index (κ1) is 29.4. The van der Waals surface area contributed by atoms with Gasteiger partial charge in [0.15, 0.2) is 13.0 Å². The molecule has 8 aromatic rings. The van der Waals surface area contributed by atoms with E-state index >= 15 is 4.57 Å². The molecule has 0 bridgehead atoms. The van der Waals surface area contributed by atoms with E-state index in [2.05, 4.69) is 36.4 Å². The summed E-state index contributed by atoms with van der Waals surface area (Å²) in [5.41, 5.74) is 6.24. The van der Waals surface area contributed by atoms with Crippen molar-refractivity contribution in [3.05, 3.63) is 182 Å². The van der Waals surface area contributed by atoms with E-state index < -0.39 is 7.14 Å². The van der Waals surface area contributed by atoms with Gasteiger partial charge in [0, 0.05) is 49.8 Å². The highest BCUT2D eigenvalue weighted by molar-refractivity contribution is 7.85. The molecule has 2 heterocycles. The Morgan fingerprint density at radius 3 is 1.56 bits per heavy atom. The second-order valence-corrected chi connectivity index (χ2v) is 14.4. The predicted molar refractivity (Wildman–Crippen MR) is 198 cm³/mol. The summed E-state index contributed by atoms with van der Waals surface area (Å²) in [6.07, 6.45) is 1.83.